The first kappa shape index (κ1) is 12.8. The lowest BCUT2D eigenvalue weighted by Crippen LogP contribution is -2.32. The van der Waals surface area contributed by atoms with Crippen LogP contribution in [0.4, 0.5) is 16.2 Å². The number of likely N-dealkylation sites (tertiary alicyclic amines) is 1. The number of halogens is 1. The summed E-state index contributed by atoms with van der Waals surface area (Å²) in [6.45, 7) is 1.47. The van der Waals surface area contributed by atoms with Gasteiger partial charge in [0.2, 0.25) is 0 Å². The van der Waals surface area contributed by atoms with Gasteiger partial charge in [-0.25, -0.2) is 4.79 Å². The smallest absolute Gasteiger partial charge is 0.321 e. The lowest BCUT2D eigenvalue weighted by Gasteiger charge is -2.16. The fourth-order valence-corrected chi connectivity index (χ4v) is 2.18. The number of hydrogen-bond donors (Lipinski definition) is 1. The first-order valence-electron chi connectivity index (χ1n) is 5.58. The van der Waals surface area contributed by atoms with Gasteiger partial charge in [-0.15, -0.1) is 0 Å². The number of amides is 2. The van der Waals surface area contributed by atoms with Crippen LogP contribution in [0.1, 0.15) is 12.8 Å². The molecular formula is C11H12BrN3O3. The number of nitro benzene ring substituents is 1. The Balaban J connectivity index is 2.14. The van der Waals surface area contributed by atoms with Gasteiger partial charge in [0.25, 0.3) is 5.69 Å². The van der Waals surface area contributed by atoms with Crippen molar-refractivity contribution in [2.45, 2.75) is 12.8 Å². The molecule has 1 aromatic rings. The van der Waals surface area contributed by atoms with Gasteiger partial charge < -0.3 is 10.2 Å². The zero-order valence-corrected chi connectivity index (χ0v) is 11.1. The molecule has 0 bridgehead atoms. The summed E-state index contributed by atoms with van der Waals surface area (Å²) in [5, 5.41) is 13.4. The van der Waals surface area contributed by atoms with Crippen molar-refractivity contribution in [1.29, 1.82) is 0 Å². The van der Waals surface area contributed by atoms with E-state index in [0.717, 1.165) is 25.9 Å². The van der Waals surface area contributed by atoms with Crippen molar-refractivity contribution in [1.82, 2.24) is 4.90 Å². The maximum atomic E-state index is 11.9. The molecule has 18 heavy (non-hydrogen) atoms. The normalized spacial score (nSPS) is 14.6. The molecule has 1 aliphatic rings. The maximum Gasteiger partial charge on any atom is 0.321 e. The maximum absolute atomic E-state index is 11.9. The van der Waals surface area contributed by atoms with Crippen molar-refractivity contribution in [3.8, 4) is 0 Å². The van der Waals surface area contributed by atoms with Crippen LogP contribution in [-0.4, -0.2) is 28.9 Å². The van der Waals surface area contributed by atoms with Crippen LogP contribution < -0.4 is 5.32 Å². The molecular weight excluding hydrogens is 302 g/mol. The number of urea groups is 1. The monoisotopic (exact) mass is 313 g/mol. The molecule has 6 nitrogen and oxygen atoms in total. The van der Waals surface area contributed by atoms with Crippen LogP contribution in [0.15, 0.2) is 22.7 Å². The summed E-state index contributed by atoms with van der Waals surface area (Å²) in [6.07, 6.45) is 2.01. The van der Waals surface area contributed by atoms with Crippen molar-refractivity contribution >= 4 is 33.3 Å². The predicted octanol–water partition coefficient (Wildman–Crippen LogP) is 2.99. The molecule has 1 fully saturated rings. The second-order valence-corrected chi connectivity index (χ2v) is 4.90. The number of anilines is 1. The Hall–Kier alpha value is -1.63. The molecule has 1 saturated heterocycles. The molecule has 0 saturated carbocycles. The second kappa shape index (κ2) is 5.34. The van der Waals surface area contributed by atoms with E-state index in [1.54, 1.807) is 11.0 Å². The average molecular weight is 314 g/mol. The zero-order valence-electron chi connectivity index (χ0n) is 9.56. The molecule has 1 aromatic carbocycles. The van der Waals surface area contributed by atoms with E-state index in [1.807, 2.05) is 0 Å². The molecule has 0 atom stereocenters. The number of benzene rings is 1. The van der Waals surface area contributed by atoms with Gasteiger partial charge in [0.1, 0.15) is 0 Å². The van der Waals surface area contributed by atoms with Crippen molar-refractivity contribution in [2.24, 2.45) is 0 Å². The van der Waals surface area contributed by atoms with Crippen LogP contribution >= 0.6 is 15.9 Å². The lowest BCUT2D eigenvalue weighted by molar-refractivity contribution is -0.384. The largest absolute Gasteiger partial charge is 0.325 e. The Bertz CT molecular complexity index is 486. The van der Waals surface area contributed by atoms with Gasteiger partial charge in [0.05, 0.1) is 10.6 Å². The highest BCUT2D eigenvalue weighted by Gasteiger charge is 2.19. The van der Waals surface area contributed by atoms with Crippen LogP contribution in [0.25, 0.3) is 0 Å². The molecule has 0 aromatic heterocycles. The van der Waals surface area contributed by atoms with Crippen molar-refractivity contribution in [3.63, 3.8) is 0 Å². The Labute approximate surface area is 112 Å². The molecule has 1 heterocycles. The topological polar surface area (TPSA) is 75.5 Å². The second-order valence-electron chi connectivity index (χ2n) is 4.05. The third kappa shape index (κ3) is 2.79. The number of rotatable bonds is 2. The van der Waals surface area contributed by atoms with Gasteiger partial charge in [-0.05, 0) is 34.8 Å². The number of nitrogens with zero attached hydrogens (tertiary/aromatic N) is 2. The van der Waals surface area contributed by atoms with Crippen molar-refractivity contribution in [3.05, 3.63) is 32.8 Å². The number of non-ortho nitro benzene ring substituents is 1. The molecule has 0 spiro atoms. The zero-order chi connectivity index (χ0) is 13.1. The van der Waals surface area contributed by atoms with Gasteiger partial charge in [0, 0.05) is 29.7 Å². The van der Waals surface area contributed by atoms with Crippen molar-refractivity contribution in [2.75, 3.05) is 18.4 Å². The standard InChI is InChI=1S/C11H12BrN3O3/c12-9-4-3-8(15(17)18)7-10(9)13-11(16)14-5-1-2-6-14/h3-4,7H,1-2,5-6H2,(H,13,16). The first-order valence-corrected chi connectivity index (χ1v) is 6.37. The Morgan fingerprint density at radius 1 is 1.39 bits per heavy atom. The number of hydrogen-bond acceptors (Lipinski definition) is 3. The van der Waals surface area contributed by atoms with E-state index in [0.29, 0.717) is 10.2 Å². The minimum absolute atomic E-state index is 0.0464. The number of nitrogens with one attached hydrogen (secondary N) is 1. The number of carbonyl (C=O) groups is 1. The van der Waals surface area contributed by atoms with E-state index >= 15 is 0 Å². The third-order valence-corrected chi connectivity index (χ3v) is 3.49. The summed E-state index contributed by atoms with van der Waals surface area (Å²) in [5.74, 6) is 0. The molecule has 0 aliphatic carbocycles. The SMILES string of the molecule is O=C(Nc1cc([N+](=O)[O-])ccc1Br)N1CCCC1. The van der Waals surface area contributed by atoms with Gasteiger partial charge in [-0.2, -0.15) is 0 Å². The molecule has 96 valence electrons. The third-order valence-electron chi connectivity index (χ3n) is 2.80. The van der Waals surface area contributed by atoms with E-state index in [2.05, 4.69) is 21.2 Å². The van der Waals surface area contributed by atoms with E-state index in [1.165, 1.54) is 12.1 Å². The molecule has 7 heteroatoms. The highest BCUT2D eigenvalue weighted by molar-refractivity contribution is 9.10. The Morgan fingerprint density at radius 2 is 2.06 bits per heavy atom. The minimum atomic E-state index is -0.488. The summed E-state index contributed by atoms with van der Waals surface area (Å²) < 4.78 is 0.626. The summed E-state index contributed by atoms with van der Waals surface area (Å²) in [5.41, 5.74) is 0.371. The highest BCUT2D eigenvalue weighted by Crippen LogP contribution is 2.27. The molecule has 0 unspecified atom stereocenters. The highest BCUT2D eigenvalue weighted by atomic mass is 79.9. The Morgan fingerprint density at radius 3 is 2.67 bits per heavy atom. The molecule has 1 aliphatic heterocycles. The van der Waals surface area contributed by atoms with E-state index in [-0.39, 0.29) is 11.7 Å². The van der Waals surface area contributed by atoms with Gasteiger partial charge in [0.15, 0.2) is 0 Å². The fraction of sp³-hybridized carbons (Fsp3) is 0.364. The summed E-state index contributed by atoms with van der Waals surface area (Å²) >= 11 is 3.26. The minimum Gasteiger partial charge on any atom is -0.325 e. The lowest BCUT2D eigenvalue weighted by atomic mass is 10.3. The van der Waals surface area contributed by atoms with Gasteiger partial charge >= 0.3 is 6.03 Å². The van der Waals surface area contributed by atoms with Crippen LogP contribution in [0.3, 0.4) is 0 Å². The van der Waals surface area contributed by atoms with E-state index in [4.69, 9.17) is 0 Å². The molecule has 1 N–H and O–H groups in total. The fourth-order valence-electron chi connectivity index (χ4n) is 1.84. The van der Waals surface area contributed by atoms with Crippen LogP contribution in [0.2, 0.25) is 0 Å². The van der Waals surface area contributed by atoms with E-state index < -0.39 is 4.92 Å². The summed E-state index contributed by atoms with van der Waals surface area (Å²) in [6, 6.07) is 4.07. The quantitative estimate of drug-likeness (QED) is 0.673. The Kier molecular flexibility index (Phi) is 3.81. The van der Waals surface area contributed by atoms with Crippen LogP contribution in [0, 0.1) is 10.1 Å². The van der Waals surface area contributed by atoms with Crippen molar-refractivity contribution < 1.29 is 9.72 Å². The van der Waals surface area contributed by atoms with Gasteiger partial charge in [-0.3, -0.25) is 10.1 Å². The van der Waals surface area contributed by atoms with Crippen LogP contribution in [0.5, 0.6) is 0 Å². The van der Waals surface area contributed by atoms with Crippen LogP contribution in [-0.2, 0) is 0 Å². The molecule has 0 radical (unpaired) electrons. The van der Waals surface area contributed by atoms with E-state index in [9.17, 15) is 14.9 Å². The number of nitro groups is 1. The molecule has 2 rings (SSSR count). The molecule has 2 amide bonds. The number of carbonyl (C=O) groups excluding carboxylic acids is 1. The van der Waals surface area contributed by atoms with Gasteiger partial charge in [-0.1, -0.05) is 0 Å². The average Bonchev–Trinajstić information content (AvgIpc) is 2.85. The first-order chi connectivity index (χ1) is 8.58. The summed E-state index contributed by atoms with van der Waals surface area (Å²) in [7, 11) is 0. The summed E-state index contributed by atoms with van der Waals surface area (Å²) in [4.78, 5) is 23.8. The predicted molar refractivity (Wildman–Crippen MR) is 70.6 cm³/mol.